The third-order valence-corrected chi connectivity index (χ3v) is 5.14. The zero-order valence-electron chi connectivity index (χ0n) is 11.9. The lowest BCUT2D eigenvalue weighted by atomic mass is 9.70. The van der Waals surface area contributed by atoms with Crippen molar-refractivity contribution in [3.8, 4) is 0 Å². The van der Waals surface area contributed by atoms with Crippen LogP contribution in [-0.2, 0) is 4.84 Å². The molecule has 0 heterocycles. The fourth-order valence-corrected chi connectivity index (χ4v) is 4.11. The molecule has 2 fully saturated rings. The summed E-state index contributed by atoms with van der Waals surface area (Å²) in [5.41, 5.74) is 10.0. The summed E-state index contributed by atoms with van der Waals surface area (Å²) in [7, 11) is 0. The number of hydrogen-bond donors (Lipinski definition) is 2. The number of hydrogen-bond acceptors (Lipinski definition) is 3. The van der Waals surface area contributed by atoms with E-state index in [0.717, 1.165) is 31.4 Å². The van der Waals surface area contributed by atoms with Crippen LogP contribution in [-0.4, -0.2) is 18.7 Å². The number of hydroxylamine groups is 1. The zero-order chi connectivity index (χ0) is 12.8. The minimum absolute atomic E-state index is 0.0666. The zero-order valence-corrected chi connectivity index (χ0v) is 11.9. The standard InChI is InChI=1S/C15H30N2O/c1-2-18-17-12-11-15(16,13-7-3-4-8-13)14-9-5-6-10-14/h13-14,17H,2-12,16H2,1H3. The Bertz CT molecular complexity index is 217. The molecule has 0 spiro atoms. The van der Waals surface area contributed by atoms with Crippen LogP contribution < -0.4 is 11.2 Å². The van der Waals surface area contributed by atoms with Crippen LogP contribution in [0.3, 0.4) is 0 Å². The maximum atomic E-state index is 6.90. The molecule has 0 saturated heterocycles. The van der Waals surface area contributed by atoms with Crippen molar-refractivity contribution in [2.75, 3.05) is 13.2 Å². The van der Waals surface area contributed by atoms with Gasteiger partial charge in [-0.25, -0.2) is 5.48 Å². The summed E-state index contributed by atoms with van der Waals surface area (Å²) in [6.45, 7) is 3.64. The molecular formula is C15H30N2O. The summed E-state index contributed by atoms with van der Waals surface area (Å²) in [6.07, 6.45) is 12.0. The van der Waals surface area contributed by atoms with Gasteiger partial charge < -0.3 is 10.6 Å². The van der Waals surface area contributed by atoms with Crippen molar-refractivity contribution in [2.45, 2.75) is 70.3 Å². The second kappa shape index (κ2) is 6.88. The molecule has 0 aromatic rings. The van der Waals surface area contributed by atoms with Crippen LogP contribution in [0.2, 0.25) is 0 Å². The minimum Gasteiger partial charge on any atom is -0.325 e. The first kappa shape index (κ1) is 14.3. The fraction of sp³-hybridized carbons (Fsp3) is 1.00. The third-order valence-electron chi connectivity index (χ3n) is 5.14. The monoisotopic (exact) mass is 254 g/mol. The highest BCUT2D eigenvalue weighted by molar-refractivity contribution is 5.00. The van der Waals surface area contributed by atoms with Gasteiger partial charge in [-0.1, -0.05) is 25.7 Å². The van der Waals surface area contributed by atoms with Gasteiger partial charge in [0.1, 0.15) is 0 Å². The molecule has 2 rings (SSSR count). The van der Waals surface area contributed by atoms with Crippen LogP contribution in [0.4, 0.5) is 0 Å². The van der Waals surface area contributed by atoms with Gasteiger partial charge in [0, 0.05) is 12.1 Å². The highest BCUT2D eigenvalue weighted by atomic mass is 16.6. The first-order valence-corrected chi connectivity index (χ1v) is 7.91. The summed E-state index contributed by atoms with van der Waals surface area (Å²) < 4.78 is 0. The van der Waals surface area contributed by atoms with Crippen molar-refractivity contribution in [3.05, 3.63) is 0 Å². The second-order valence-electron chi connectivity index (χ2n) is 6.15. The predicted molar refractivity (Wildman–Crippen MR) is 75.1 cm³/mol. The molecule has 0 unspecified atom stereocenters. The van der Waals surface area contributed by atoms with Gasteiger partial charge in [0.05, 0.1) is 6.61 Å². The highest BCUT2D eigenvalue weighted by Crippen LogP contribution is 2.44. The molecule has 0 atom stereocenters. The lowest BCUT2D eigenvalue weighted by Gasteiger charge is -2.41. The van der Waals surface area contributed by atoms with Crippen molar-refractivity contribution in [3.63, 3.8) is 0 Å². The topological polar surface area (TPSA) is 47.3 Å². The van der Waals surface area contributed by atoms with Crippen molar-refractivity contribution in [1.82, 2.24) is 5.48 Å². The summed E-state index contributed by atoms with van der Waals surface area (Å²) in [5.74, 6) is 1.51. The number of nitrogens with one attached hydrogen (secondary N) is 1. The Hall–Kier alpha value is -0.120. The van der Waals surface area contributed by atoms with Gasteiger partial charge in [0.2, 0.25) is 0 Å². The molecule has 0 radical (unpaired) electrons. The van der Waals surface area contributed by atoms with Crippen molar-refractivity contribution in [2.24, 2.45) is 17.6 Å². The van der Waals surface area contributed by atoms with Crippen LogP contribution in [0.5, 0.6) is 0 Å². The summed E-state index contributed by atoms with van der Waals surface area (Å²) in [6, 6.07) is 0. The van der Waals surface area contributed by atoms with Crippen LogP contribution in [0.1, 0.15) is 64.7 Å². The Morgan fingerprint density at radius 2 is 1.56 bits per heavy atom. The first-order chi connectivity index (χ1) is 8.77. The molecule has 3 nitrogen and oxygen atoms in total. The SMILES string of the molecule is CCONCCC(N)(C1CCCC1)C1CCCC1. The maximum absolute atomic E-state index is 6.90. The minimum atomic E-state index is 0.0666. The van der Waals surface area contributed by atoms with E-state index >= 15 is 0 Å². The molecule has 0 amide bonds. The molecule has 0 aromatic carbocycles. The Balaban J connectivity index is 1.92. The number of nitrogens with two attached hydrogens (primary N) is 1. The van der Waals surface area contributed by atoms with E-state index in [1.807, 2.05) is 6.92 Å². The Morgan fingerprint density at radius 3 is 2.00 bits per heavy atom. The number of rotatable bonds is 7. The largest absolute Gasteiger partial charge is 0.325 e. The molecule has 0 aromatic heterocycles. The molecular weight excluding hydrogens is 224 g/mol. The van der Waals surface area contributed by atoms with Crippen LogP contribution in [0.25, 0.3) is 0 Å². The molecule has 2 saturated carbocycles. The molecule has 106 valence electrons. The van der Waals surface area contributed by atoms with Crippen molar-refractivity contribution >= 4 is 0 Å². The van der Waals surface area contributed by atoms with Gasteiger partial charge in [0.15, 0.2) is 0 Å². The molecule has 2 aliphatic carbocycles. The van der Waals surface area contributed by atoms with Crippen molar-refractivity contribution < 1.29 is 4.84 Å². The Kier molecular flexibility index (Phi) is 5.46. The van der Waals surface area contributed by atoms with E-state index in [2.05, 4.69) is 5.48 Å². The van der Waals surface area contributed by atoms with E-state index in [4.69, 9.17) is 10.6 Å². The van der Waals surface area contributed by atoms with E-state index in [0.29, 0.717) is 0 Å². The molecule has 3 N–H and O–H groups in total. The second-order valence-corrected chi connectivity index (χ2v) is 6.15. The lowest BCUT2D eigenvalue weighted by molar-refractivity contribution is 0.0384. The molecule has 0 bridgehead atoms. The Morgan fingerprint density at radius 1 is 1.06 bits per heavy atom. The average molecular weight is 254 g/mol. The highest BCUT2D eigenvalue weighted by Gasteiger charge is 2.43. The lowest BCUT2D eigenvalue weighted by Crippen LogP contribution is -2.53. The van der Waals surface area contributed by atoms with E-state index < -0.39 is 0 Å². The normalized spacial score (nSPS) is 23.0. The van der Waals surface area contributed by atoms with Gasteiger partial charge in [-0.05, 0) is 50.9 Å². The Labute approximate surface area is 112 Å². The summed E-state index contributed by atoms with van der Waals surface area (Å²) in [4.78, 5) is 5.25. The van der Waals surface area contributed by atoms with E-state index in [1.54, 1.807) is 0 Å². The van der Waals surface area contributed by atoms with Crippen LogP contribution >= 0.6 is 0 Å². The fourth-order valence-electron chi connectivity index (χ4n) is 4.11. The first-order valence-electron chi connectivity index (χ1n) is 7.91. The van der Waals surface area contributed by atoms with Crippen LogP contribution in [0.15, 0.2) is 0 Å². The molecule has 0 aliphatic heterocycles. The maximum Gasteiger partial charge on any atom is 0.0653 e. The smallest absolute Gasteiger partial charge is 0.0653 e. The van der Waals surface area contributed by atoms with Gasteiger partial charge in [-0.15, -0.1) is 0 Å². The van der Waals surface area contributed by atoms with E-state index in [-0.39, 0.29) is 5.54 Å². The van der Waals surface area contributed by atoms with Crippen molar-refractivity contribution in [1.29, 1.82) is 0 Å². The van der Waals surface area contributed by atoms with E-state index in [9.17, 15) is 0 Å². The average Bonchev–Trinajstić information content (AvgIpc) is 3.05. The van der Waals surface area contributed by atoms with Crippen LogP contribution in [0, 0.1) is 11.8 Å². The molecule has 2 aliphatic rings. The third kappa shape index (κ3) is 3.25. The van der Waals surface area contributed by atoms with Gasteiger partial charge >= 0.3 is 0 Å². The summed E-state index contributed by atoms with van der Waals surface area (Å²) in [5, 5.41) is 0. The summed E-state index contributed by atoms with van der Waals surface area (Å²) >= 11 is 0. The molecule has 3 heteroatoms. The van der Waals surface area contributed by atoms with Gasteiger partial charge in [-0.2, -0.15) is 0 Å². The van der Waals surface area contributed by atoms with E-state index in [1.165, 1.54) is 51.4 Å². The van der Waals surface area contributed by atoms with Gasteiger partial charge in [-0.3, -0.25) is 0 Å². The quantitative estimate of drug-likeness (QED) is 0.542. The predicted octanol–water partition coefficient (Wildman–Crippen LogP) is 3.00. The molecule has 18 heavy (non-hydrogen) atoms. The van der Waals surface area contributed by atoms with Gasteiger partial charge in [0.25, 0.3) is 0 Å².